The molecule has 2 aromatic rings. The van der Waals surface area contributed by atoms with Gasteiger partial charge in [-0.2, -0.15) is 14.6 Å². The summed E-state index contributed by atoms with van der Waals surface area (Å²) in [7, 11) is 0. The largest absolute Gasteiger partial charge is 0.466 e. The number of nitrogens with zero attached hydrogens (tertiary/aromatic N) is 5. The third kappa shape index (κ3) is 2.75. The van der Waals surface area contributed by atoms with Gasteiger partial charge in [0, 0.05) is 30.8 Å². The Morgan fingerprint density at radius 1 is 1.36 bits per heavy atom. The van der Waals surface area contributed by atoms with Crippen LogP contribution >= 0.6 is 0 Å². The predicted octanol–water partition coefficient (Wildman–Crippen LogP) is 1.53. The van der Waals surface area contributed by atoms with Crippen molar-refractivity contribution in [1.29, 1.82) is 0 Å². The maximum Gasteiger partial charge on any atom is 0.306 e. The van der Waals surface area contributed by atoms with Crippen molar-refractivity contribution in [2.24, 2.45) is 0 Å². The van der Waals surface area contributed by atoms with E-state index >= 15 is 0 Å². The summed E-state index contributed by atoms with van der Waals surface area (Å²) < 4.78 is 6.82. The first-order valence-corrected chi connectivity index (χ1v) is 7.80. The minimum atomic E-state index is -0.173. The summed E-state index contributed by atoms with van der Waals surface area (Å²) in [4.78, 5) is 22.7. The van der Waals surface area contributed by atoms with Crippen LogP contribution in [0.25, 0.3) is 5.78 Å². The number of rotatable bonds is 5. The van der Waals surface area contributed by atoms with Gasteiger partial charge in [0.25, 0.3) is 5.78 Å². The van der Waals surface area contributed by atoms with Crippen molar-refractivity contribution in [2.45, 2.75) is 39.5 Å². The average molecular weight is 303 g/mol. The highest BCUT2D eigenvalue weighted by Crippen LogP contribution is 2.27. The summed E-state index contributed by atoms with van der Waals surface area (Å²) in [5.41, 5.74) is 1.97. The summed E-state index contributed by atoms with van der Waals surface area (Å²) in [6, 6.07) is 0. The number of hydrogen-bond acceptors (Lipinski definition) is 6. The fourth-order valence-corrected chi connectivity index (χ4v) is 2.97. The van der Waals surface area contributed by atoms with Crippen LogP contribution in [0.2, 0.25) is 0 Å². The Hall–Kier alpha value is -2.18. The maximum absolute atomic E-state index is 11.7. The Kier molecular flexibility index (Phi) is 4.22. The topological polar surface area (TPSA) is 72.6 Å². The van der Waals surface area contributed by atoms with Crippen LogP contribution in [-0.4, -0.2) is 45.2 Å². The number of ether oxygens (including phenoxy) is 1. The molecule has 1 fully saturated rings. The lowest BCUT2D eigenvalue weighted by Gasteiger charge is -2.22. The lowest BCUT2D eigenvalue weighted by molar-refractivity contribution is -0.143. The fourth-order valence-electron chi connectivity index (χ4n) is 2.97. The van der Waals surface area contributed by atoms with Crippen LogP contribution in [0.1, 0.15) is 37.4 Å². The van der Waals surface area contributed by atoms with Gasteiger partial charge in [0.2, 0.25) is 0 Å². The Balaban J connectivity index is 1.97. The zero-order chi connectivity index (χ0) is 15.5. The highest BCUT2D eigenvalue weighted by molar-refractivity contribution is 5.70. The molecule has 22 heavy (non-hydrogen) atoms. The molecule has 1 aliphatic heterocycles. The molecule has 0 saturated carbocycles. The molecule has 0 spiro atoms. The monoisotopic (exact) mass is 303 g/mol. The second-order valence-corrected chi connectivity index (χ2v) is 5.47. The molecule has 0 radical (unpaired) electrons. The fraction of sp³-hybridized carbons (Fsp3) is 0.600. The number of anilines is 1. The number of carbonyl (C=O) groups is 1. The minimum absolute atomic E-state index is 0.173. The van der Waals surface area contributed by atoms with Gasteiger partial charge in [-0.3, -0.25) is 4.79 Å². The van der Waals surface area contributed by atoms with Crippen molar-refractivity contribution >= 4 is 17.6 Å². The zero-order valence-corrected chi connectivity index (χ0v) is 13.1. The normalized spacial score (nSPS) is 14.7. The quantitative estimate of drug-likeness (QED) is 0.780. The highest BCUT2D eigenvalue weighted by atomic mass is 16.5. The molecule has 0 amide bonds. The molecule has 118 valence electrons. The van der Waals surface area contributed by atoms with E-state index in [0.29, 0.717) is 25.2 Å². The smallest absolute Gasteiger partial charge is 0.306 e. The number of esters is 1. The molecule has 0 aromatic carbocycles. The summed E-state index contributed by atoms with van der Waals surface area (Å²) in [6.07, 6.45) is 4.84. The van der Waals surface area contributed by atoms with Crippen LogP contribution in [0.15, 0.2) is 6.33 Å². The van der Waals surface area contributed by atoms with Gasteiger partial charge in [-0.15, -0.1) is 0 Å². The van der Waals surface area contributed by atoms with Crippen molar-refractivity contribution in [3.63, 3.8) is 0 Å². The van der Waals surface area contributed by atoms with Crippen molar-refractivity contribution < 1.29 is 9.53 Å². The van der Waals surface area contributed by atoms with Crippen LogP contribution < -0.4 is 4.90 Å². The lowest BCUT2D eigenvalue weighted by Crippen LogP contribution is -2.24. The third-order valence-corrected chi connectivity index (χ3v) is 3.99. The van der Waals surface area contributed by atoms with E-state index in [1.165, 1.54) is 19.2 Å². The van der Waals surface area contributed by atoms with Crippen LogP contribution in [0.5, 0.6) is 0 Å². The maximum atomic E-state index is 11.7. The van der Waals surface area contributed by atoms with E-state index in [0.717, 1.165) is 30.2 Å². The summed E-state index contributed by atoms with van der Waals surface area (Å²) in [5, 5.41) is 4.31. The van der Waals surface area contributed by atoms with Gasteiger partial charge in [0.1, 0.15) is 12.1 Å². The molecular weight excluding hydrogens is 282 g/mol. The first-order valence-electron chi connectivity index (χ1n) is 7.80. The number of hydrogen-bond donors (Lipinski definition) is 0. The van der Waals surface area contributed by atoms with Gasteiger partial charge in [0.05, 0.1) is 6.61 Å². The Morgan fingerprint density at radius 3 is 2.86 bits per heavy atom. The Morgan fingerprint density at radius 2 is 2.14 bits per heavy atom. The summed E-state index contributed by atoms with van der Waals surface area (Å²) in [5.74, 6) is 1.47. The SMILES string of the molecule is CCOC(=O)CCc1c(C)nc2ncnn2c1N1CCCC1. The van der Waals surface area contributed by atoms with Gasteiger partial charge in [-0.25, -0.2) is 4.98 Å². The molecule has 7 nitrogen and oxygen atoms in total. The molecule has 0 aliphatic carbocycles. The van der Waals surface area contributed by atoms with E-state index in [4.69, 9.17) is 4.74 Å². The standard InChI is InChI=1S/C15H21N5O2/c1-3-22-13(21)7-6-12-11(2)18-15-16-10-17-20(15)14(12)19-8-4-5-9-19/h10H,3-9H2,1-2H3. The van der Waals surface area contributed by atoms with Gasteiger partial charge in [0.15, 0.2) is 0 Å². The average Bonchev–Trinajstić information content (AvgIpc) is 3.15. The molecular formula is C15H21N5O2. The van der Waals surface area contributed by atoms with Gasteiger partial charge < -0.3 is 9.64 Å². The summed E-state index contributed by atoms with van der Waals surface area (Å²) in [6.45, 7) is 6.21. The minimum Gasteiger partial charge on any atom is -0.466 e. The lowest BCUT2D eigenvalue weighted by atomic mass is 10.1. The first kappa shape index (κ1) is 14.7. The van der Waals surface area contributed by atoms with E-state index in [2.05, 4.69) is 20.0 Å². The number of aromatic nitrogens is 4. The molecule has 2 aromatic heterocycles. The predicted molar refractivity (Wildman–Crippen MR) is 81.9 cm³/mol. The van der Waals surface area contributed by atoms with Crippen molar-refractivity contribution in [1.82, 2.24) is 19.6 Å². The number of carbonyl (C=O) groups excluding carboxylic acids is 1. The molecule has 3 heterocycles. The molecule has 0 unspecified atom stereocenters. The van der Waals surface area contributed by atoms with E-state index in [-0.39, 0.29) is 5.97 Å². The Bertz CT molecular complexity index is 676. The Labute approximate surface area is 129 Å². The van der Waals surface area contributed by atoms with E-state index in [1.807, 2.05) is 13.8 Å². The molecule has 3 rings (SSSR count). The molecule has 0 atom stereocenters. The number of fused-ring (bicyclic) bond motifs is 1. The summed E-state index contributed by atoms with van der Waals surface area (Å²) >= 11 is 0. The van der Waals surface area contributed by atoms with Gasteiger partial charge >= 0.3 is 5.97 Å². The molecule has 1 saturated heterocycles. The molecule has 1 aliphatic rings. The van der Waals surface area contributed by atoms with Gasteiger partial charge in [-0.05, 0) is 33.1 Å². The van der Waals surface area contributed by atoms with E-state index in [1.54, 1.807) is 4.52 Å². The van der Waals surface area contributed by atoms with Gasteiger partial charge in [-0.1, -0.05) is 0 Å². The molecule has 0 N–H and O–H groups in total. The molecule has 0 bridgehead atoms. The van der Waals surface area contributed by atoms with Crippen LogP contribution in [-0.2, 0) is 16.0 Å². The number of aryl methyl sites for hydroxylation is 1. The van der Waals surface area contributed by atoms with Crippen molar-refractivity contribution in [3.8, 4) is 0 Å². The van der Waals surface area contributed by atoms with Crippen LogP contribution in [0.4, 0.5) is 5.82 Å². The highest BCUT2D eigenvalue weighted by Gasteiger charge is 2.23. The second-order valence-electron chi connectivity index (χ2n) is 5.47. The van der Waals surface area contributed by atoms with Crippen LogP contribution in [0, 0.1) is 6.92 Å². The van der Waals surface area contributed by atoms with Crippen molar-refractivity contribution in [3.05, 3.63) is 17.6 Å². The first-order chi connectivity index (χ1) is 10.7. The second kappa shape index (κ2) is 6.29. The van der Waals surface area contributed by atoms with Crippen LogP contribution in [0.3, 0.4) is 0 Å². The van der Waals surface area contributed by atoms with E-state index < -0.39 is 0 Å². The molecule has 7 heteroatoms. The van der Waals surface area contributed by atoms with Crippen molar-refractivity contribution in [2.75, 3.05) is 24.6 Å². The zero-order valence-electron chi connectivity index (χ0n) is 13.1. The van der Waals surface area contributed by atoms with E-state index in [9.17, 15) is 4.79 Å². The third-order valence-electron chi connectivity index (χ3n) is 3.99.